The van der Waals surface area contributed by atoms with Crippen LogP contribution in [0.3, 0.4) is 0 Å². The molecule has 176 valence electrons. The van der Waals surface area contributed by atoms with E-state index in [4.69, 9.17) is 4.74 Å². The van der Waals surface area contributed by atoms with Crippen molar-refractivity contribution in [3.05, 3.63) is 53.7 Å². The van der Waals surface area contributed by atoms with Crippen molar-refractivity contribution in [2.24, 2.45) is 4.99 Å². The number of pyridine rings is 1. The van der Waals surface area contributed by atoms with Crippen molar-refractivity contribution in [1.82, 2.24) is 15.0 Å². The minimum atomic E-state index is -3.50. The Labute approximate surface area is 194 Å². The summed E-state index contributed by atoms with van der Waals surface area (Å²) in [6.07, 6.45) is 9.25. The van der Waals surface area contributed by atoms with Gasteiger partial charge < -0.3 is 10.1 Å². The molecule has 2 N–H and O–H groups in total. The van der Waals surface area contributed by atoms with Crippen LogP contribution in [0.25, 0.3) is 0 Å². The summed E-state index contributed by atoms with van der Waals surface area (Å²) in [7, 11) is -3.50. The number of hydrogen-bond donors (Lipinski definition) is 2. The Morgan fingerprint density at radius 2 is 1.94 bits per heavy atom. The lowest BCUT2D eigenvalue weighted by Crippen LogP contribution is -2.23. The lowest BCUT2D eigenvalue weighted by atomic mass is 10.1. The smallest absolute Gasteiger partial charge is 0.263 e. The van der Waals surface area contributed by atoms with Crippen LogP contribution in [-0.4, -0.2) is 37.8 Å². The predicted molar refractivity (Wildman–Crippen MR) is 126 cm³/mol. The summed E-state index contributed by atoms with van der Waals surface area (Å²) in [6, 6.07) is 10.6. The van der Waals surface area contributed by atoms with Crippen LogP contribution >= 0.6 is 0 Å². The highest BCUT2D eigenvalue weighted by Gasteiger charge is 2.29. The van der Waals surface area contributed by atoms with Crippen LogP contribution in [0.4, 0.5) is 0 Å². The van der Waals surface area contributed by atoms with Gasteiger partial charge in [-0.1, -0.05) is 24.6 Å². The number of unbranched alkanes of at least 4 members (excludes halogenated alkanes) is 2. The van der Waals surface area contributed by atoms with E-state index in [9.17, 15) is 13.2 Å². The molecule has 0 spiro atoms. The maximum Gasteiger partial charge on any atom is 0.263 e. The lowest BCUT2D eigenvalue weighted by molar-refractivity contribution is -0.121. The molecule has 4 rings (SSSR count). The van der Waals surface area contributed by atoms with Crippen molar-refractivity contribution < 1.29 is 17.9 Å². The van der Waals surface area contributed by atoms with Gasteiger partial charge in [0.25, 0.3) is 10.0 Å². The zero-order valence-electron chi connectivity index (χ0n) is 18.6. The van der Waals surface area contributed by atoms with Crippen molar-refractivity contribution in [3.63, 3.8) is 0 Å². The van der Waals surface area contributed by atoms with E-state index in [0.29, 0.717) is 36.8 Å². The number of benzene rings is 1. The van der Waals surface area contributed by atoms with Crippen LogP contribution < -0.4 is 14.8 Å². The first-order valence-electron chi connectivity index (χ1n) is 11.6. The van der Waals surface area contributed by atoms with Crippen molar-refractivity contribution in [2.45, 2.75) is 68.9 Å². The number of fused-ring (bicyclic) bond motifs is 1. The van der Waals surface area contributed by atoms with Gasteiger partial charge in [0.15, 0.2) is 0 Å². The molecular weight excluding hydrogens is 440 g/mol. The standard InChI is InChI=1S/C24H30N4O4S/c29-22(27-17-18-9-8-16-26-24(18)32-19-10-3-4-11-19)14-2-1-7-15-25-23-20-12-5-6-13-21(20)33(30,31)28-23/h5-6,8-9,12-13,16,19H,1-4,7,10-11,14-15,17H2,(H,25,28)(H,27,29). The van der Waals surface area contributed by atoms with Gasteiger partial charge in [-0.3, -0.25) is 14.5 Å². The molecule has 9 heteroatoms. The highest BCUT2D eigenvalue weighted by molar-refractivity contribution is 7.90. The normalized spacial score (nSPS) is 18.1. The van der Waals surface area contributed by atoms with Gasteiger partial charge in [-0.2, -0.15) is 0 Å². The van der Waals surface area contributed by atoms with Crippen molar-refractivity contribution >= 4 is 21.8 Å². The summed E-state index contributed by atoms with van der Waals surface area (Å²) in [5.74, 6) is 1.01. The zero-order valence-corrected chi connectivity index (χ0v) is 19.4. The second-order valence-corrected chi connectivity index (χ2v) is 10.1. The van der Waals surface area contributed by atoms with Gasteiger partial charge in [-0.05, 0) is 56.7 Å². The summed E-state index contributed by atoms with van der Waals surface area (Å²) in [5, 5.41) is 2.96. The summed E-state index contributed by atoms with van der Waals surface area (Å²) in [5.41, 5.74) is 1.51. The third-order valence-corrected chi connectivity index (χ3v) is 7.30. The van der Waals surface area contributed by atoms with Gasteiger partial charge in [-0.15, -0.1) is 0 Å². The number of amides is 1. The maximum atomic E-state index is 12.2. The van der Waals surface area contributed by atoms with Gasteiger partial charge >= 0.3 is 0 Å². The van der Waals surface area contributed by atoms with Gasteiger partial charge in [0.05, 0.1) is 4.90 Å². The number of carbonyl (C=O) groups is 1. The molecule has 0 unspecified atom stereocenters. The van der Waals surface area contributed by atoms with Crippen molar-refractivity contribution in [2.75, 3.05) is 6.54 Å². The third-order valence-electron chi connectivity index (χ3n) is 5.90. The maximum absolute atomic E-state index is 12.2. The average molecular weight is 471 g/mol. The first-order chi connectivity index (χ1) is 16.0. The summed E-state index contributed by atoms with van der Waals surface area (Å²) in [4.78, 5) is 21.3. The van der Waals surface area contributed by atoms with E-state index in [1.807, 2.05) is 12.1 Å². The number of amidine groups is 1. The van der Waals surface area contributed by atoms with Crippen LogP contribution in [0.15, 0.2) is 52.5 Å². The number of aliphatic imine (C=N–C) groups is 1. The van der Waals surface area contributed by atoms with Gasteiger partial charge in [0.1, 0.15) is 11.9 Å². The minimum Gasteiger partial charge on any atom is -0.474 e. The van der Waals surface area contributed by atoms with Gasteiger partial charge in [-0.25, -0.2) is 13.4 Å². The molecule has 0 saturated heterocycles. The molecule has 1 fully saturated rings. The monoisotopic (exact) mass is 470 g/mol. The Morgan fingerprint density at radius 1 is 1.12 bits per heavy atom. The number of sulfonamides is 1. The van der Waals surface area contributed by atoms with Crippen LogP contribution in [0.1, 0.15) is 62.5 Å². The summed E-state index contributed by atoms with van der Waals surface area (Å²) in [6.45, 7) is 0.910. The fraction of sp³-hybridized carbons (Fsp3) is 0.458. The summed E-state index contributed by atoms with van der Waals surface area (Å²) >= 11 is 0. The zero-order chi connectivity index (χ0) is 23.1. The van der Waals surface area contributed by atoms with Crippen molar-refractivity contribution in [1.29, 1.82) is 0 Å². The number of rotatable bonds is 10. The van der Waals surface area contributed by atoms with Crippen LogP contribution in [0, 0.1) is 0 Å². The Morgan fingerprint density at radius 3 is 2.79 bits per heavy atom. The fourth-order valence-electron chi connectivity index (χ4n) is 4.13. The molecule has 0 bridgehead atoms. The molecule has 1 aliphatic carbocycles. The topological polar surface area (TPSA) is 110 Å². The molecule has 1 saturated carbocycles. The average Bonchev–Trinajstić information content (AvgIpc) is 3.41. The lowest BCUT2D eigenvalue weighted by Gasteiger charge is -2.15. The quantitative estimate of drug-likeness (QED) is 0.518. The molecule has 0 atom stereocenters. The molecule has 0 radical (unpaired) electrons. The number of nitrogens with zero attached hydrogens (tertiary/aromatic N) is 2. The highest BCUT2D eigenvalue weighted by Crippen LogP contribution is 2.25. The van der Waals surface area contributed by atoms with Gasteiger partial charge in [0, 0.05) is 36.8 Å². The Kier molecular flexibility index (Phi) is 7.59. The molecule has 1 aliphatic heterocycles. The third kappa shape index (κ3) is 6.10. The van der Waals surface area contributed by atoms with E-state index >= 15 is 0 Å². The van der Waals surface area contributed by atoms with E-state index in [0.717, 1.165) is 37.7 Å². The SMILES string of the molecule is O=C(CCCCCN=C1NS(=O)(=O)c2ccccc21)NCc1cccnc1OC1CCCC1. The predicted octanol–water partition coefficient (Wildman–Crippen LogP) is 3.32. The van der Waals surface area contributed by atoms with E-state index in [1.54, 1.807) is 30.5 Å². The van der Waals surface area contributed by atoms with E-state index in [-0.39, 0.29) is 16.9 Å². The second kappa shape index (κ2) is 10.8. The van der Waals surface area contributed by atoms with E-state index < -0.39 is 10.0 Å². The first kappa shape index (κ1) is 23.2. The molecule has 2 aromatic rings. The van der Waals surface area contributed by atoms with Crippen molar-refractivity contribution in [3.8, 4) is 5.88 Å². The molecule has 2 aliphatic rings. The molecule has 2 heterocycles. The number of nitrogens with one attached hydrogen (secondary N) is 2. The van der Waals surface area contributed by atoms with E-state index in [1.165, 1.54) is 12.8 Å². The number of hydrogen-bond acceptors (Lipinski definition) is 6. The fourth-order valence-corrected chi connectivity index (χ4v) is 5.38. The molecule has 8 nitrogen and oxygen atoms in total. The minimum absolute atomic E-state index is 0.00513. The van der Waals surface area contributed by atoms with Crippen LogP contribution in [0.5, 0.6) is 5.88 Å². The summed E-state index contributed by atoms with van der Waals surface area (Å²) < 4.78 is 32.7. The first-order valence-corrected chi connectivity index (χ1v) is 13.1. The largest absolute Gasteiger partial charge is 0.474 e. The van der Waals surface area contributed by atoms with E-state index in [2.05, 4.69) is 20.0 Å². The Hall–Kier alpha value is -2.94. The molecule has 33 heavy (non-hydrogen) atoms. The number of aromatic nitrogens is 1. The molecule has 1 amide bonds. The number of carbonyl (C=O) groups excluding carboxylic acids is 1. The van der Waals surface area contributed by atoms with Crippen LogP contribution in [0.2, 0.25) is 0 Å². The number of ether oxygens (including phenoxy) is 1. The molecular formula is C24H30N4O4S. The molecule has 1 aromatic heterocycles. The highest BCUT2D eigenvalue weighted by atomic mass is 32.2. The Bertz CT molecular complexity index is 1110. The van der Waals surface area contributed by atoms with Gasteiger partial charge in [0.2, 0.25) is 11.8 Å². The molecule has 1 aromatic carbocycles. The second-order valence-electron chi connectivity index (χ2n) is 8.41. The van der Waals surface area contributed by atoms with Crippen LogP contribution in [-0.2, 0) is 21.4 Å². The Balaban J connectivity index is 1.16.